The van der Waals surface area contributed by atoms with Gasteiger partial charge in [-0.1, -0.05) is 151 Å². The molecule has 220 valence electrons. The van der Waals surface area contributed by atoms with Crippen LogP contribution in [0.5, 0.6) is 0 Å². The topological polar surface area (TPSA) is 17.1 Å². The van der Waals surface area contributed by atoms with Gasteiger partial charge in [-0.15, -0.1) is 6.58 Å². The van der Waals surface area contributed by atoms with Crippen molar-refractivity contribution in [1.82, 2.24) is 0 Å². The highest BCUT2D eigenvalue weighted by atomic mass is 16.1. The molecule has 0 fully saturated rings. The van der Waals surface area contributed by atoms with Gasteiger partial charge in [-0.05, 0) is 82.1 Å². The van der Waals surface area contributed by atoms with Gasteiger partial charge in [0.05, 0.1) is 0 Å². The SMILES string of the molecule is C=C(C)CCc1ccccc1.C=C(C)Cc1ccccc1.C=C(C)c1ccccc1.CC(=O)CCCc1ccccc1. The molecule has 4 aromatic carbocycles. The Bertz CT molecular complexity index is 1290. The number of aryl methyl sites for hydroxylation is 2. The van der Waals surface area contributed by atoms with Crippen LogP contribution < -0.4 is 0 Å². The van der Waals surface area contributed by atoms with Crippen molar-refractivity contribution < 1.29 is 4.79 Å². The third kappa shape index (κ3) is 19.8. The van der Waals surface area contributed by atoms with Crippen LogP contribution >= 0.6 is 0 Å². The zero-order chi connectivity index (χ0) is 31.0. The molecule has 0 spiro atoms. The fourth-order valence-corrected chi connectivity index (χ4v) is 3.86. The summed E-state index contributed by atoms with van der Waals surface area (Å²) in [5.74, 6) is 0.283. The van der Waals surface area contributed by atoms with E-state index in [9.17, 15) is 4.79 Å². The van der Waals surface area contributed by atoms with Gasteiger partial charge in [0.1, 0.15) is 5.78 Å². The van der Waals surface area contributed by atoms with Crippen molar-refractivity contribution >= 4 is 11.4 Å². The third-order valence-corrected chi connectivity index (χ3v) is 6.14. The van der Waals surface area contributed by atoms with E-state index in [-0.39, 0.29) is 5.78 Å². The average molecular weight is 559 g/mol. The molecular formula is C41H50O. The van der Waals surface area contributed by atoms with E-state index in [1.807, 2.05) is 62.4 Å². The van der Waals surface area contributed by atoms with Crippen LogP contribution in [0.3, 0.4) is 0 Å². The Kier molecular flexibility index (Phi) is 19.1. The van der Waals surface area contributed by atoms with Gasteiger partial charge in [0.25, 0.3) is 0 Å². The first-order valence-electron chi connectivity index (χ1n) is 14.8. The van der Waals surface area contributed by atoms with Gasteiger partial charge < -0.3 is 4.79 Å². The van der Waals surface area contributed by atoms with Crippen LogP contribution in [0, 0.1) is 0 Å². The molecule has 1 nitrogen and oxygen atoms in total. The molecule has 0 radical (unpaired) electrons. The highest BCUT2D eigenvalue weighted by Crippen LogP contribution is 2.09. The highest BCUT2D eigenvalue weighted by molar-refractivity contribution is 5.75. The van der Waals surface area contributed by atoms with Crippen LogP contribution in [0.25, 0.3) is 5.57 Å². The maximum Gasteiger partial charge on any atom is 0.129 e. The number of hydrogen-bond acceptors (Lipinski definition) is 1. The fraction of sp³-hybridized carbons (Fsp3) is 0.244. The number of hydrogen-bond donors (Lipinski definition) is 0. The smallest absolute Gasteiger partial charge is 0.129 e. The first kappa shape index (κ1) is 35.8. The standard InChI is InChI=1S/C11H14O.C11H14.C10H12.C9H10/c1-10(12)6-5-9-11-7-3-2-4-8-11;1-10(2)8-9-11-6-4-3-5-7-11;1-9(2)8-10-6-4-3-5-7-10;1-8(2)9-6-4-3-5-7-9/h2-4,7-8H,5-6,9H2,1H3;3-7H,1,8-9H2,2H3;3-7H,1,8H2,2H3;3-7H,1H2,2H3. The van der Waals surface area contributed by atoms with Crippen LogP contribution in [-0.2, 0) is 24.1 Å². The molecule has 0 aromatic heterocycles. The third-order valence-electron chi connectivity index (χ3n) is 6.14. The predicted molar refractivity (Wildman–Crippen MR) is 186 cm³/mol. The van der Waals surface area contributed by atoms with E-state index in [1.165, 1.54) is 33.4 Å². The number of rotatable bonds is 10. The van der Waals surface area contributed by atoms with Gasteiger partial charge in [-0.2, -0.15) is 0 Å². The van der Waals surface area contributed by atoms with Gasteiger partial charge in [-0.25, -0.2) is 0 Å². The number of Topliss-reactive ketones (excluding diaryl/α,β-unsaturated/α-hetero) is 1. The maximum absolute atomic E-state index is 10.6. The van der Waals surface area contributed by atoms with E-state index in [0.717, 1.165) is 37.7 Å². The summed E-state index contributed by atoms with van der Waals surface area (Å²) < 4.78 is 0. The molecule has 0 atom stereocenters. The van der Waals surface area contributed by atoms with E-state index in [2.05, 4.69) is 99.5 Å². The average Bonchev–Trinajstić information content (AvgIpc) is 2.99. The molecule has 0 N–H and O–H groups in total. The summed E-state index contributed by atoms with van der Waals surface area (Å²) in [6.45, 7) is 19.3. The van der Waals surface area contributed by atoms with Crippen molar-refractivity contribution in [2.45, 2.75) is 66.2 Å². The largest absolute Gasteiger partial charge is 0.300 e. The molecule has 0 saturated carbocycles. The van der Waals surface area contributed by atoms with Gasteiger partial charge in [-0.3, -0.25) is 0 Å². The quantitative estimate of drug-likeness (QED) is 0.177. The first-order chi connectivity index (χ1) is 20.2. The molecule has 0 saturated heterocycles. The van der Waals surface area contributed by atoms with Crippen molar-refractivity contribution in [1.29, 1.82) is 0 Å². The lowest BCUT2D eigenvalue weighted by atomic mass is 10.1. The van der Waals surface area contributed by atoms with Gasteiger partial charge >= 0.3 is 0 Å². The van der Waals surface area contributed by atoms with Gasteiger partial charge in [0.15, 0.2) is 0 Å². The highest BCUT2D eigenvalue weighted by Gasteiger charge is 1.95. The van der Waals surface area contributed by atoms with E-state index in [0.29, 0.717) is 6.42 Å². The minimum absolute atomic E-state index is 0.283. The molecule has 42 heavy (non-hydrogen) atoms. The Morgan fingerprint density at radius 1 is 0.500 bits per heavy atom. The molecule has 1 heteroatoms. The summed E-state index contributed by atoms with van der Waals surface area (Å²) in [7, 11) is 0. The van der Waals surface area contributed by atoms with Crippen molar-refractivity contribution in [3.05, 3.63) is 174 Å². The van der Waals surface area contributed by atoms with Crippen LogP contribution in [0.1, 0.15) is 69.2 Å². The molecule has 4 aromatic rings. The second-order valence-corrected chi connectivity index (χ2v) is 10.7. The van der Waals surface area contributed by atoms with E-state index >= 15 is 0 Å². The molecule has 0 bridgehead atoms. The van der Waals surface area contributed by atoms with E-state index in [1.54, 1.807) is 6.92 Å². The van der Waals surface area contributed by atoms with Crippen molar-refractivity contribution in [2.75, 3.05) is 0 Å². The summed E-state index contributed by atoms with van der Waals surface area (Å²) >= 11 is 0. The normalized spacial score (nSPS) is 9.43. The molecule has 0 unspecified atom stereocenters. The van der Waals surface area contributed by atoms with Gasteiger partial charge in [0, 0.05) is 6.42 Å². The van der Waals surface area contributed by atoms with E-state index < -0.39 is 0 Å². The first-order valence-corrected chi connectivity index (χ1v) is 14.8. The predicted octanol–water partition coefficient (Wildman–Crippen LogP) is 11.3. The number of benzene rings is 4. The molecule has 4 rings (SSSR count). The summed E-state index contributed by atoms with van der Waals surface area (Å²) in [6.07, 6.45) is 5.91. The van der Waals surface area contributed by atoms with Gasteiger partial charge in [0.2, 0.25) is 0 Å². The fourth-order valence-electron chi connectivity index (χ4n) is 3.86. The summed E-state index contributed by atoms with van der Waals surface area (Å²) in [4.78, 5) is 10.6. The summed E-state index contributed by atoms with van der Waals surface area (Å²) in [5.41, 5.74) is 8.87. The lowest BCUT2D eigenvalue weighted by Gasteiger charge is -1.98. The monoisotopic (exact) mass is 558 g/mol. The van der Waals surface area contributed by atoms with Crippen molar-refractivity contribution in [3.63, 3.8) is 0 Å². The van der Waals surface area contributed by atoms with Crippen LogP contribution in [-0.4, -0.2) is 5.78 Å². The second kappa shape index (κ2) is 22.5. The number of carbonyl (C=O) groups is 1. The Labute approximate surface area is 256 Å². The van der Waals surface area contributed by atoms with Crippen LogP contribution in [0.2, 0.25) is 0 Å². The number of carbonyl (C=O) groups excluding carboxylic acids is 1. The number of ketones is 1. The van der Waals surface area contributed by atoms with Crippen LogP contribution in [0.4, 0.5) is 0 Å². The molecule has 0 aliphatic carbocycles. The van der Waals surface area contributed by atoms with E-state index in [4.69, 9.17) is 0 Å². The zero-order valence-electron chi connectivity index (χ0n) is 26.3. The lowest BCUT2D eigenvalue weighted by Crippen LogP contribution is -1.91. The van der Waals surface area contributed by atoms with Crippen molar-refractivity contribution in [2.24, 2.45) is 0 Å². The maximum atomic E-state index is 10.6. The van der Waals surface area contributed by atoms with Crippen LogP contribution in [0.15, 0.2) is 152 Å². The second-order valence-electron chi connectivity index (χ2n) is 10.7. The van der Waals surface area contributed by atoms with Crippen molar-refractivity contribution in [3.8, 4) is 0 Å². The molecule has 0 amide bonds. The summed E-state index contributed by atoms with van der Waals surface area (Å²) in [6, 6.07) is 41.3. The minimum Gasteiger partial charge on any atom is -0.300 e. The zero-order valence-corrected chi connectivity index (χ0v) is 26.3. The summed E-state index contributed by atoms with van der Waals surface area (Å²) in [5, 5.41) is 0. The minimum atomic E-state index is 0.283. The number of allylic oxidation sites excluding steroid dienone is 3. The Morgan fingerprint density at radius 2 is 0.905 bits per heavy atom. The lowest BCUT2D eigenvalue weighted by molar-refractivity contribution is -0.117. The Hall–Kier alpha value is -4.23. The molecule has 0 aliphatic heterocycles. The molecular weight excluding hydrogens is 508 g/mol. The molecule has 0 heterocycles. The molecule has 0 aliphatic rings. The Morgan fingerprint density at radius 3 is 1.26 bits per heavy atom. The Balaban J connectivity index is 0.000000281.